The summed E-state index contributed by atoms with van der Waals surface area (Å²) in [5.41, 5.74) is 1.27. The van der Waals surface area contributed by atoms with Gasteiger partial charge in [-0.25, -0.2) is 0 Å². The molecule has 1 aromatic rings. The fraction of sp³-hybridized carbons (Fsp3) is 0.533. The van der Waals surface area contributed by atoms with Gasteiger partial charge in [0.15, 0.2) is 0 Å². The van der Waals surface area contributed by atoms with Crippen molar-refractivity contribution in [3.8, 4) is 6.07 Å². The molecule has 0 N–H and O–H groups in total. The Hall–Kier alpha value is -1.37. The maximum atomic E-state index is 9.06. The third-order valence-corrected chi connectivity index (χ3v) is 3.66. The van der Waals surface area contributed by atoms with E-state index in [1.54, 1.807) is 0 Å². The van der Waals surface area contributed by atoms with Gasteiger partial charge in [-0.2, -0.15) is 5.26 Å². The van der Waals surface area contributed by atoms with Crippen molar-refractivity contribution in [3.05, 3.63) is 35.9 Å². The average Bonchev–Trinajstić information content (AvgIpc) is 2.62. The van der Waals surface area contributed by atoms with Crippen molar-refractivity contribution in [2.45, 2.75) is 18.9 Å². The second kappa shape index (κ2) is 6.53. The van der Waals surface area contributed by atoms with E-state index in [0.29, 0.717) is 6.42 Å². The Kier molecular flexibility index (Phi) is 4.74. The molecule has 2 rings (SSSR count). The van der Waals surface area contributed by atoms with E-state index in [-0.39, 0.29) is 6.04 Å². The first-order chi connectivity index (χ1) is 8.81. The Morgan fingerprint density at radius 3 is 2.67 bits per heavy atom. The maximum absolute atomic E-state index is 9.06. The van der Waals surface area contributed by atoms with E-state index < -0.39 is 0 Å². The van der Waals surface area contributed by atoms with Crippen LogP contribution >= 0.6 is 0 Å². The third-order valence-electron chi connectivity index (χ3n) is 3.66. The molecular weight excluding hydrogens is 222 g/mol. The lowest BCUT2D eigenvalue weighted by Crippen LogP contribution is -2.32. The molecule has 0 aliphatic carbocycles. The summed E-state index contributed by atoms with van der Waals surface area (Å²) in [4.78, 5) is 4.83. The van der Waals surface area contributed by atoms with Crippen molar-refractivity contribution in [1.82, 2.24) is 9.80 Å². The summed E-state index contributed by atoms with van der Waals surface area (Å²) in [5.74, 6) is 0. The smallest absolute Gasteiger partial charge is 0.0641 e. The highest BCUT2D eigenvalue weighted by molar-refractivity contribution is 5.20. The van der Waals surface area contributed by atoms with Gasteiger partial charge in [-0.1, -0.05) is 30.3 Å². The summed E-state index contributed by atoms with van der Waals surface area (Å²) in [6.45, 7) is 4.39. The molecule has 0 bridgehead atoms. The standard InChI is InChI=1S/C15H21N3/c1-17-10-5-11-18(13-12-17)15(8-9-16)14-6-3-2-4-7-14/h2-4,6-7,15H,5,8,10-13H2,1H3. The molecule has 1 fully saturated rings. The fourth-order valence-corrected chi connectivity index (χ4v) is 2.60. The number of hydrogen-bond acceptors (Lipinski definition) is 3. The van der Waals surface area contributed by atoms with Crippen LogP contribution in [0.3, 0.4) is 0 Å². The second-order valence-electron chi connectivity index (χ2n) is 4.98. The van der Waals surface area contributed by atoms with E-state index in [0.717, 1.165) is 26.2 Å². The van der Waals surface area contributed by atoms with Crippen LogP contribution in [0, 0.1) is 11.3 Å². The monoisotopic (exact) mass is 243 g/mol. The lowest BCUT2D eigenvalue weighted by Gasteiger charge is -2.29. The van der Waals surface area contributed by atoms with Crippen LogP contribution in [0.4, 0.5) is 0 Å². The van der Waals surface area contributed by atoms with E-state index in [4.69, 9.17) is 5.26 Å². The minimum Gasteiger partial charge on any atom is -0.305 e. The minimum absolute atomic E-state index is 0.252. The molecule has 18 heavy (non-hydrogen) atoms. The highest BCUT2D eigenvalue weighted by Gasteiger charge is 2.22. The fourth-order valence-electron chi connectivity index (χ4n) is 2.60. The summed E-state index contributed by atoms with van der Waals surface area (Å²) in [6, 6.07) is 13.0. The minimum atomic E-state index is 0.252. The van der Waals surface area contributed by atoms with E-state index in [9.17, 15) is 0 Å². The molecule has 3 nitrogen and oxygen atoms in total. The Balaban J connectivity index is 2.12. The Morgan fingerprint density at radius 1 is 1.17 bits per heavy atom. The summed E-state index contributed by atoms with van der Waals surface area (Å²) >= 11 is 0. The first-order valence-electron chi connectivity index (χ1n) is 6.66. The zero-order valence-corrected chi connectivity index (χ0v) is 11.0. The van der Waals surface area contributed by atoms with Gasteiger partial charge in [-0.05, 0) is 25.6 Å². The number of nitriles is 1. The third kappa shape index (κ3) is 3.32. The summed E-state index contributed by atoms with van der Waals surface area (Å²) in [7, 11) is 2.17. The van der Waals surface area contributed by atoms with Gasteiger partial charge >= 0.3 is 0 Å². The molecule has 0 radical (unpaired) electrons. The molecule has 96 valence electrons. The molecule has 1 atom stereocenters. The SMILES string of the molecule is CN1CCCN(C(CC#N)c2ccccc2)CC1. The molecule has 1 unspecified atom stereocenters. The zero-order valence-electron chi connectivity index (χ0n) is 11.0. The predicted molar refractivity (Wildman–Crippen MR) is 73.1 cm³/mol. The number of hydrogen-bond donors (Lipinski definition) is 0. The van der Waals surface area contributed by atoms with Crippen molar-refractivity contribution >= 4 is 0 Å². The second-order valence-corrected chi connectivity index (χ2v) is 4.98. The van der Waals surface area contributed by atoms with Crippen LogP contribution in [0.5, 0.6) is 0 Å². The van der Waals surface area contributed by atoms with E-state index in [1.165, 1.54) is 12.0 Å². The van der Waals surface area contributed by atoms with Crippen molar-refractivity contribution in [2.24, 2.45) is 0 Å². The quantitative estimate of drug-likeness (QED) is 0.816. The molecule has 3 heteroatoms. The van der Waals surface area contributed by atoms with Crippen LogP contribution in [0.2, 0.25) is 0 Å². The number of nitrogens with zero attached hydrogens (tertiary/aromatic N) is 3. The maximum Gasteiger partial charge on any atom is 0.0641 e. The van der Waals surface area contributed by atoms with Crippen LogP contribution < -0.4 is 0 Å². The molecular formula is C15H21N3. The molecule has 1 heterocycles. The lowest BCUT2D eigenvalue weighted by atomic mass is 10.0. The molecule has 0 aromatic heterocycles. The summed E-state index contributed by atoms with van der Waals surface area (Å²) in [6.07, 6.45) is 1.76. The van der Waals surface area contributed by atoms with Gasteiger partial charge in [-0.3, -0.25) is 4.90 Å². The molecule has 0 spiro atoms. The first-order valence-corrected chi connectivity index (χ1v) is 6.66. The van der Waals surface area contributed by atoms with Crippen molar-refractivity contribution in [1.29, 1.82) is 5.26 Å². The van der Waals surface area contributed by atoms with Gasteiger partial charge in [0.05, 0.1) is 12.5 Å². The van der Waals surface area contributed by atoms with E-state index >= 15 is 0 Å². The van der Waals surface area contributed by atoms with Crippen LogP contribution in [-0.4, -0.2) is 43.0 Å². The Morgan fingerprint density at radius 2 is 1.94 bits per heavy atom. The van der Waals surface area contributed by atoms with E-state index in [2.05, 4.69) is 47.2 Å². The molecule has 1 aromatic carbocycles. The highest BCUT2D eigenvalue weighted by Crippen LogP contribution is 2.24. The Labute approximate surface area is 110 Å². The van der Waals surface area contributed by atoms with Crippen molar-refractivity contribution in [2.75, 3.05) is 33.2 Å². The lowest BCUT2D eigenvalue weighted by molar-refractivity contribution is 0.205. The average molecular weight is 243 g/mol. The predicted octanol–water partition coefficient (Wildman–Crippen LogP) is 2.28. The number of rotatable bonds is 3. The molecule has 1 aliphatic heterocycles. The summed E-state index contributed by atoms with van der Waals surface area (Å²) in [5, 5.41) is 9.06. The topological polar surface area (TPSA) is 30.3 Å². The molecule has 1 aliphatic rings. The zero-order chi connectivity index (χ0) is 12.8. The summed E-state index contributed by atoms with van der Waals surface area (Å²) < 4.78 is 0. The first kappa shape index (κ1) is 13.1. The van der Waals surface area contributed by atoms with Crippen LogP contribution in [0.1, 0.15) is 24.4 Å². The van der Waals surface area contributed by atoms with Gasteiger partial charge in [0, 0.05) is 25.7 Å². The van der Waals surface area contributed by atoms with Crippen LogP contribution in [0.15, 0.2) is 30.3 Å². The molecule has 0 amide bonds. The number of likely N-dealkylation sites (N-methyl/N-ethyl adjacent to an activating group) is 1. The largest absolute Gasteiger partial charge is 0.305 e. The molecule has 0 saturated carbocycles. The Bertz CT molecular complexity index is 396. The van der Waals surface area contributed by atoms with Crippen molar-refractivity contribution in [3.63, 3.8) is 0 Å². The van der Waals surface area contributed by atoms with Crippen LogP contribution in [-0.2, 0) is 0 Å². The van der Waals surface area contributed by atoms with Gasteiger partial charge in [0.2, 0.25) is 0 Å². The van der Waals surface area contributed by atoms with Gasteiger partial charge < -0.3 is 4.90 Å². The van der Waals surface area contributed by atoms with Gasteiger partial charge in [-0.15, -0.1) is 0 Å². The highest BCUT2D eigenvalue weighted by atomic mass is 15.2. The van der Waals surface area contributed by atoms with E-state index in [1.807, 2.05) is 6.07 Å². The van der Waals surface area contributed by atoms with Crippen molar-refractivity contribution < 1.29 is 0 Å². The molecule has 1 saturated heterocycles. The van der Waals surface area contributed by atoms with Crippen LogP contribution in [0.25, 0.3) is 0 Å². The van der Waals surface area contributed by atoms with Gasteiger partial charge in [0.25, 0.3) is 0 Å². The van der Waals surface area contributed by atoms with Gasteiger partial charge in [0.1, 0.15) is 0 Å². The normalized spacial score (nSPS) is 20.0. The number of benzene rings is 1.